The molecule has 146 valence electrons. The maximum absolute atomic E-state index is 12.3. The van der Waals surface area contributed by atoms with Gasteiger partial charge in [-0.1, -0.05) is 12.1 Å². The van der Waals surface area contributed by atoms with Gasteiger partial charge in [0.2, 0.25) is 0 Å². The van der Waals surface area contributed by atoms with Crippen LogP contribution >= 0.6 is 12.2 Å². The summed E-state index contributed by atoms with van der Waals surface area (Å²) in [6.07, 6.45) is -4.71. The van der Waals surface area contributed by atoms with Gasteiger partial charge in [0, 0.05) is 31.0 Å². The summed E-state index contributed by atoms with van der Waals surface area (Å²) in [5.74, 6) is -0.257. The Bertz CT molecular complexity index is 747. The highest BCUT2D eigenvalue weighted by molar-refractivity contribution is 7.80. The Kier molecular flexibility index (Phi) is 7.29. The van der Waals surface area contributed by atoms with Gasteiger partial charge in [0.15, 0.2) is 5.11 Å². The zero-order chi connectivity index (χ0) is 19.9. The third-order valence-electron chi connectivity index (χ3n) is 3.84. The molecule has 27 heavy (non-hydrogen) atoms. The molecule has 0 fully saturated rings. The predicted molar refractivity (Wildman–Crippen MR) is 106 cm³/mol. The van der Waals surface area contributed by atoms with Crippen molar-refractivity contribution in [2.24, 2.45) is 0 Å². The van der Waals surface area contributed by atoms with Gasteiger partial charge in [-0.2, -0.15) is 0 Å². The van der Waals surface area contributed by atoms with E-state index in [2.05, 4.69) is 34.1 Å². The van der Waals surface area contributed by atoms with E-state index >= 15 is 0 Å². The normalized spacial score (nSPS) is 11.0. The van der Waals surface area contributed by atoms with E-state index in [0.29, 0.717) is 10.7 Å². The van der Waals surface area contributed by atoms with Crippen molar-refractivity contribution in [3.63, 3.8) is 0 Å². The second kappa shape index (κ2) is 9.45. The molecule has 4 nitrogen and oxygen atoms in total. The molecule has 0 aliphatic heterocycles. The highest BCUT2D eigenvalue weighted by atomic mass is 32.1. The molecule has 0 bridgehead atoms. The lowest BCUT2D eigenvalue weighted by Crippen LogP contribution is -2.28. The number of thiocarbonyl (C=S) groups is 1. The highest BCUT2D eigenvalue weighted by Gasteiger charge is 2.31. The Balaban J connectivity index is 1.88. The van der Waals surface area contributed by atoms with Crippen molar-refractivity contribution in [1.29, 1.82) is 0 Å². The molecular formula is C19H22F3N3OS. The van der Waals surface area contributed by atoms with Crippen LogP contribution in [0.3, 0.4) is 0 Å². The number of rotatable bonds is 7. The van der Waals surface area contributed by atoms with Crippen LogP contribution in [-0.4, -0.2) is 24.6 Å². The number of anilines is 2. The quantitative estimate of drug-likeness (QED) is 0.649. The zero-order valence-electron chi connectivity index (χ0n) is 15.1. The number of alkyl halides is 3. The third kappa shape index (κ3) is 6.97. The van der Waals surface area contributed by atoms with Gasteiger partial charge < -0.3 is 20.3 Å². The summed E-state index contributed by atoms with van der Waals surface area (Å²) in [4.78, 5) is 2.23. The smallest absolute Gasteiger partial charge is 0.406 e. The summed E-state index contributed by atoms with van der Waals surface area (Å²) in [6.45, 7) is 6.34. The number of hydrogen-bond acceptors (Lipinski definition) is 3. The molecule has 0 atom stereocenters. The summed E-state index contributed by atoms with van der Waals surface area (Å²) in [5, 5.41) is 6.41. The lowest BCUT2D eigenvalue weighted by atomic mass is 10.2. The Labute approximate surface area is 162 Å². The molecule has 0 aliphatic rings. The van der Waals surface area contributed by atoms with Crippen molar-refractivity contribution in [2.75, 3.05) is 23.3 Å². The first-order valence-corrected chi connectivity index (χ1v) is 8.96. The van der Waals surface area contributed by atoms with Gasteiger partial charge in [-0.3, -0.25) is 0 Å². The van der Waals surface area contributed by atoms with E-state index in [9.17, 15) is 13.2 Å². The van der Waals surface area contributed by atoms with E-state index < -0.39 is 6.36 Å². The van der Waals surface area contributed by atoms with E-state index in [1.54, 1.807) is 6.07 Å². The highest BCUT2D eigenvalue weighted by Crippen LogP contribution is 2.23. The van der Waals surface area contributed by atoms with Crippen LogP contribution in [-0.2, 0) is 6.54 Å². The topological polar surface area (TPSA) is 36.5 Å². The lowest BCUT2D eigenvalue weighted by Gasteiger charge is -2.21. The minimum Gasteiger partial charge on any atom is -0.406 e. The van der Waals surface area contributed by atoms with Crippen molar-refractivity contribution >= 4 is 28.7 Å². The fourth-order valence-electron chi connectivity index (χ4n) is 2.55. The number of hydrogen-bond donors (Lipinski definition) is 2. The molecule has 0 amide bonds. The van der Waals surface area contributed by atoms with Crippen molar-refractivity contribution in [3.05, 3.63) is 54.1 Å². The van der Waals surface area contributed by atoms with Crippen LogP contribution in [0.1, 0.15) is 19.4 Å². The molecule has 8 heteroatoms. The van der Waals surface area contributed by atoms with E-state index in [4.69, 9.17) is 12.2 Å². The monoisotopic (exact) mass is 397 g/mol. The van der Waals surface area contributed by atoms with Gasteiger partial charge in [0.05, 0.1) is 0 Å². The lowest BCUT2D eigenvalue weighted by molar-refractivity contribution is -0.274. The fraction of sp³-hybridized carbons (Fsp3) is 0.316. The predicted octanol–water partition coefficient (Wildman–Crippen LogP) is 4.92. The molecule has 0 radical (unpaired) electrons. The molecule has 2 rings (SSSR count). The summed E-state index contributed by atoms with van der Waals surface area (Å²) >= 11 is 5.24. The largest absolute Gasteiger partial charge is 0.573 e. The van der Waals surface area contributed by atoms with Crippen LogP contribution in [0.4, 0.5) is 24.5 Å². The van der Waals surface area contributed by atoms with Gasteiger partial charge >= 0.3 is 6.36 Å². The molecule has 0 aromatic heterocycles. The van der Waals surface area contributed by atoms with Gasteiger partial charge in [-0.25, -0.2) is 0 Å². The standard InChI is InChI=1S/C19H22F3N3OS/c1-3-25(4-2)16-10-8-15(9-11-16)24-18(27)23-13-14-6-5-7-17(12-14)26-19(20,21)22/h5-12H,3-4,13H2,1-2H3,(H2,23,24,27). The van der Waals surface area contributed by atoms with Crippen LogP contribution in [0.2, 0.25) is 0 Å². The van der Waals surface area contributed by atoms with Crippen molar-refractivity contribution in [2.45, 2.75) is 26.8 Å². The van der Waals surface area contributed by atoms with Gasteiger partial charge in [0.25, 0.3) is 0 Å². The van der Waals surface area contributed by atoms with Crippen molar-refractivity contribution < 1.29 is 17.9 Å². The summed E-state index contributed by atoms with van der Waals surface area (Å²) in [6, 6.07) is 13.6. The van der Waals surface area contributed by atoms with Gasteiger partial charge in [-0.15, -0.1) is 13.2 Å². The van der Waals surface area contributed by atoms with Gasteiger partial charge in [-0.05, 0) is 68.0 Å². The van der Waals surface area contributed by atoms with Crippen molar-refractivity contribution in [3.8, 4) is 5.75 Å². The Morgan fingerprint density at radius 2 is 1.74 bits per heavy atom. The first-order chi connectivity index (χ1) is 12.8. The molecule has 0 aliphatic carbocycles. The fourth-order valence-corrected chi connectivity index (χ4v) is 2.74. The Hall–Kier alpha value is -2.48. The average molecular weight is 397 g/mol. The second-order valence-corrected chi connectivity index (χ2v) is 6.13. The van der Waals surface area contributed by atoms with Crippen LogP contribution < -0.4 is 20.3 Å². The van der Waals surface area contributed by atoms with Crippen molar-refractivity contribution in [1.82, 2.24) is 5.32 Å². The minimum atomic E-state index is -4.71. The number of nitrogens with one attached hydrogen (secondary N) is 2. The SMILES string of the molecule is CCN(CC)c1ccc(NC(=S)NCc2cccc(OC(F)(F)F)c2)cc1. The van der Waals surface area contributed by atoms with Crippen LogP contribution in [0.15, 0.2) is 48.5 Å². The molecule has 0 heterocycles. The molecule has 0 spiro atoms. The summed E-state index contributed by atoms with van der Waals surface area (Å²) < 4.78 is 40.8. The number of nitrogens with zero attached hydrogens (tertiary/aromatic N) is 1. The van der Waals surface area contributed by atoms with Gasteiger partial charge in [0.1, 0.15) is 5.75 Å². The second-order valence-electron chi connectivity index (χ2n) is 5.72. The van der Waals surface area contributed by atoms with E-state index in [1.165, 1.54) is 18.2 Å². The number of ether oxygens (including phenoxy) is 1. The summed E-state index contributed by atoms with van der Waals surface area (Å²) in [5.41, 5.74) is 2.58. The molecule has 2 aromatic carbocycles. The molecular weight excluding hydrogens is 375 g/mol. The third-order valence-corrected chi connectivity index (χ3v) is 4.09. The number of halogens is 3. The molecule has 0 saturated heterocycles. The minimum absolute atomic E-state index is 0.257. The maximum atomic E-state index is 12.3. The first kappa shape index (κ1) is 20.8. The van der Waals surface area contributed by atoms with Crippen LogP contribution in [0.25, 0.3) is 0 Å². The average Bonchev–Trinajstić information content (AvgIpc) is 2.61. The first-order valence-electron chi connectivity index (χ1n) is 8.55. The van der Waals surface area contributed by atoms with E-state index in [1.807, 2.05) is 24.3 Å². The molecule has 2 aromatic rings. The molecule has 0 saturated carbocycles. The number of benzene rings is 2. The Morgan fingerprint density at radius 3 is 2.33 bits per heavy atom. The van der Waals surface area contributed by atoms with E-state index in [0.717, 1.165) is 24.5 Å². The van der Waals surface area contributed by atoms with E-state index in [-0.39, 0.29) is 12.3 Å². The Morgan fingerprint density at radius 1 is 1.07 bits per heavy atom. The van der Waals surface area contributed by atoms with Crippen LogP contribution in [0.5, 0.6) is 5.75 Å². The summed E-state index contributed by atoms with van der Waals surface area (Å²) in [7, 11) is 0. The van der Waals surface area contributed by atoms with Crippen LogP contribution in [0, 0.1) is 0 Å². The maximum Gasteiger partial charge on any atom is 0.573 e. The molecule has 2 N–H and O–H groups in total. The zero-order valence-corrected chi connectivity index (χ0v) is 16.0. The molecule has 0 unspecified atom stereocenters.